The summed E-state index contributed by atoms with van der Waals surface area (Å²) in [6.45, 7) is 3.24. The van der Waals surface area contributed by atoms with Crippen LogP contribution in [0.1, 0.15) is 23.0 Å². The third kappa shape index (κ3) is 3.64. The maximum absolute atomic E-state index is 12.3. The second-order valence-corrected chi connectivity index (χ2v) is 5.08. The zero-order valence-electron chi connectivity index (χ0n) is 10.7. The van der Waals surface area contributed by atoms with Gasteiger partial charge in [-0.3, -0.25) is 4.79 Å². The minimum atomic E-state index is -0.0427. The normalized spacial score (nSPS) is 10.2. The molecule has 0 atom stereocenters. The van der Waals surface area contributed by atoms with Gasteiger partial charge in [0.25, 0.3) is 5.91 Å². The number of carbonyl (C=O) groups excluding carboxylic acids is 1. The standard InChI is InChI=1S/C15H15BrN2O/c1-2-18(11-12-6-4-3-5-7-12)15(19)14-9-8-13(16)10-17-14/h3-10H,2,11H2,1H3. The predicted molar refractivity (Wildman–Crippen MR) is 78.8 cm³/mol. The fourth-order valence-electron chi connectivity index (χ4n) is 1.80. The van der Waals surface area contributed by atoms with E-state index in [1.54, 1.807) is 17.2 Å². The molecule has 3 nitrogen and oxygen atoms in total. The number of pyridine rings is 1. The van der Waals surface area contributed by atoms with Gasteiger partial charge in [0.2, 0.25) is 0 Å². The second kappa shape index (κ2) is 6.48. The molecular weight excluding hydrogens is 304 g/mol. The van der Waals surface area contributed by atoms with Gasteiger partial charge in [-0.15, -0.1) is 0 Å². The lowest BCUT2D eigenvalue weighted by Gasteiger charge is -2.20. The molecule has 0 unspecified atom stereocenters. The van der Waals surface area contributed by atoms with Crippen molar-refractivity contribution in [1.29, 1.82) is 0 Å². The van der Waals surface area contributed by atoms with E-state index in [9.17, 15) is 4.79 Å². The Hall–Kier alpha value is -1.68. The van der Waals surface area contributed by atoms with Gasteiger partial charge in [-0.25, -0.2) is 4.98 Å². The van der Waals surface area contributed by atoms with Crippen molar-refractivity contribution in [2.75, 3.05) is 6.54 Å². The van der Waals surface area contributed by atoms with E-state index in [0.29, 0.717) is 18.8 Å². The fourth-order valence-corrected chi connectivity index (χ4v) is 2.03. The molecule has 1 aromatic carbocycles. The van der Waals surface area contributed by atoms with Gasteiger partial charge in [-0.05, 0) is 40.5 Å². The number of halogens is 1. The molecule has 0 aliphatic rings. The van der Waals surface area contributed by atoms with Crippen LogP contribution in [-0.2, 0) is 6.54 Å². The first kappa shape index (κ1) is 13.7. The van der Waals surface area contributed by atoms with Crippen LogP contribution in [0.15, 0.2) is 53.1 Å². The molecule has 0 aliphatic carbocycles. The van der Waals surface area contributed by atoms with Crippen LogP contribution in [0.3, 0.4) is 0 Å². The maximum Gasteiger partial charge on any atom is 0.272 e. The third-order valence-electron chi connectivity index (χ3n) is 2.83. The van der Waals surface area contributed by atoms with Crippen LogP contribution < -0.4 is 0 Å². The molecule has 0 N–H and O–H groups in total. The van der Waals surface area contributed by atoms with Crippen LogP contribution in [0, 0.1) is 0 Å². The van der Waals surface area contributed by atoms with Crippen molar-refractivity contribution in [2.24, 2.45) is 0 Å². The van der Waals surface area contributed by atoms with Gasteiger partial charge in [-0.1, -0.05) is 30.3 Å². The van der Waals surface area contributed by atoms with Crippen molar-refractivity contribution < 1.29 is 4.79 Å². The first-order chi connectivity index (χ1) is 9.20. The molecule has 2 aromatic rings. The summed E-state index contributed by atoms with van der Waals surface area (Å²) in [5.74, 6) is -0.0427. The Labute approximate surface area is 121 Å². The van der Waals surface area contributed by atoms with Crippen molar-refractivity contribution in [3.8, 4) is 0 Å². The Morgan fingerprint density at radius 2 is 1.95 bits per heavy atom. The summed E-state index contributed by atoms with van der Waals surface area (Å²) in [7, 11) is 0. The number of carbonyl (C=O) groups is 1. The summed E-state index contributed by atoms with van der Waals surface area (Å²) in [4.78, 5) is 18.3. The van der Waals surface area contributed by atoms with Gasteiger partial charge < -0.3 is 4.90 Å². The van der Waals surface area contributed by atoms with Crippen LogP contribution >= 0.6 is 15.9 Å². The Morgan fingerprint density at radius 1 is 1.21 bits per heavy atom. The van der Waals surface area contributed by atoms with E-state index in [-0.39, 0.29) is 5.91 Å². The number of aromatic nitrogens is 1. The molecule has 2 rings (SSSR count). The molecule has 0 saturated heterocycles. The van der Waals surface area contributed by atoms with Crippen molar-refractivity contribution in [3.63, 3.8) is 0 Å². The Balaban J connectivity index is 2.13. The summed E-state index contributed by atoms with van der Waals surface area (Å²) in [5.41, 5.74) is 1.59. The molecule has 98 valence electrons. The highest BCUT2D eigenvalue weighted by molar-refractivity contribution is 9.10. The van der Waals surface area contributed by atoms with E-state index in [1.807, 2.05) is 43.3 Å². The average molecular weight is 319 g/mol. The van der Waals surface area contributed by atoms with Gasteiger partial charge >= 0.3 is 0 Å². The molecule has 1 amide bonds. The topological polar surface area (TPSA) is 33.2 Å². The van der Waals surface area contributed by atoms with Crippen molar-refractivity contribution in [3.05, 3.63) is 64.4 Å². The van der Waals surface area contributed by atoms with E-state index in [4.69, 9.17) is 0 Å². The number of amides is 1. The summed E-state index contributed by atoms with van der Waals surface area (Å²) in [6.07, 6.45) is 1.64. The largest absolute Gasteiger partial charge is 0.333 e. The van der Waals surface area contributed by atoms with Crippen molar-refractivity contribution in [2.45, 2.75) is 13.5 Å². The lowest BCUT2D eigenvalue weighted by Crippen LogP contribution is -2.30. The van der Waals surface area contributed by atoms with Gasteiger partial charge in [0.15, 0.2) is 0 Å². The first-order valence-electron chi connectivity index (χ1n) is 6.15. The third-order valence-corrected chi connectivity index (χ3v) is 3.30. The number of benzene rings is 1. The highest BCUT2D eigenvalue weighted by Crippen LogP contribution is 2.11. The zero-order chi connectivity index (χ0) is 13.7. The van der Waals surface area contributed by atoms with E-state index in [1.165, 1.54) is 0 Å². The van der Waals surface area contributed by atoms with Gasteiger partial charge in [0, 0.05) is 23.8 Å². The summed E-state index contributed by atoms with van der Waals surface area (Å²) in [5, 5.41) is 0. The van der Waals surface area contributed by atoms with Gasteiger partial charge in [-0.2, -0.15) is 0 Å². The Kier molecular flexibility index (Phi) is 4.68. The molecule has 0 fully saturated rings. The monoisotopic (exact) mass is 318 g/mol. The van der Waals surface area contributed by atoms with Crippen LogP contribution in [0.2, 0.25) is 0 Å². The van der Waals surface area contributed by atoms with Crippen LogP contribution in [0.4, 0.5) is 0 Å². The van der Waals surface area contributed by atoms with Gasteiger partial charge in [0.1, 0.15) is 5.69 Å². The number of nitrogens with zero attached hydrogens (tertiary/aromatic N) is 2. The molecular formula is C15H15BrN2O. The number of hydrogen-bond donors (Lipinski definition) is 0. The minimum absolute atomic E-state index is 0.0427. The highest BCUT2D eigenvalue weighted by atomic mass is 79.9. The first-order valence-corrected chi connectivity index (χ1v) is 6.94. The quantitative estimate of drug-likeness (QED) is 0.864. The average Bonchev–Trinajstić information content (AvgIpc) is 2.46. The summed E-state index contributed by atoms with van der Waals surface area (Å²) < 4.78 is 0.871. The lowest BCUT2D eigenvalue weighted by molar-refractivity contribution is 0.0746. The molecule has 1 heterocycles. The summed E-state index contributed by atoms with van der Waals surface area (Å²) >= 11 is 3.32. The molecule has 0 bridgehead atoms. The molecule has 0 saturated carbocycles. The van der Waals surface area contributed by atoms with Crippen molar-refractivity contribution in [1.82, 2.24) is 9.88 Å². The lowest BCUT2D eigenvalue weighted by atomic mass is 10.2. The highest BCUT2D eigenvalue weighted by Gasteiger charge is 2.15. The molecule has 0 radical (unpaired) electrons. The predicted octanol–water partition coefficient (Wildman–Crippen LogP) is 3.51. The number of rotatable bonds is 4. The van der Waals surface area contributed by atoms with Crippen LogP contribution in [-0.4, -0.2) is 22.3 Å². The summed E-state index contributed by atoms with van der Waals surface area (Å²) in [6, 6.07) is 13.5. The molecule has 0 aliphatic heterocycles. The maximum atomic E-state index is 12.3. The van der Waals surface area contributed by atoms with Crippen LogP contribution in [0.25, 0.3) is 0 Å². The Bertz CT molecular complexity index is 540. The van der Waals surface area contributed by atoms with E-state index < -0.39 is 0 Å². The molecule has 4 heteroatoms. The molecule has 1 aromatic heterocycles. The van der Waals surface area contributed by atoms with E-state index in [2.05, 4.69) is 20.9 Å². The van der Waals surface area contributed by atoms with Crippen molar-refractivity contribution >= 4 is 21.8 Å². The molecule has 19 heavy (non-hydrogen) atoms. The van der Waals surface area contributed by atoms with Crippen LogP contribution in [0.5, 0.6) is 0 Å². The smallest absolute Gasteiger partial charge is 0.272 e. The second-order valence-electron chi connectivity index (χ2n) is 4.17. The van der Waals surface area contributed by atoms with Gasteiger partial charge in [0.05, 0.1) is 0 Å². The Morgan fingerprint density at radius 3 is 2.53 bits per heavy atom. The fraction of sp³-hybridized carbons (Fsp3) is 0.200. The molecule has 0 spiro atoms. The minimum Gasteiger partial charge on any atom is -0.333 e. The van der Waals surface area contributed by atoms with E-state index >= 15 is 0 Å². The number of hydrogen-bond acceptors (Lipinski definition) is 2. The zero-order valence-corrected chi connectivity index (χ0v) is 12.3. The SMILES string of the molecule is CCN(Cc1ccccc1)C(=O)c1ccc(Br)cn1. The van der Waals surface area contributed by atoms with E-state index in [0.717, 1.165) is 10.0 Å².